The lowest BCUT2D eigenvalue weighted by Gasteiger charge is -2.31. The molecular weight excluding hydrogens is 418 g/mol. The van der Waals surface area contributed by atoms with E-state index in [2.05, 4.69) is 4.98 Å². The minimum Gasteiger partial charge on any atom is -0.497 e. The summed E-state index contributed by atoms with van der Waals surface area (Å²) in [5.41, 5.74) is 1.05. The van der Waals surface area contributed by atoms with E-state index in [0.29, 0.717) is 25.4 Å². The summed E-state index contributed by atoms with van der Waals surface area (Å²) in [6.07, 6.45) is 3.97. The number of piperidine rings is 1. The maximum atomic E-state index is 13.7. The first-order valence-electron chi connectivity index (χ1n) is 10.4. The average Bonchev–Trinajstić information content (AvgIpc) is 3.27. The van der Waals surface area contributed by atoms with Crippen molar-refractivity contribution in [2.45, 2.75) is 25.2 Å². The van der Waals surface area contributed by atoms with Gasteiger partial charge < -0.3 is 18.8 Å². The van der Waals surface area contributed by atoms with E-state index < -0.39 is 11.6 Å². The number of likely N-dealkylation sites (tertiary alicyclic amines) is 1. The van der Waals surface area contributed by atoms with Gasteiger partial charge in [0.05, 0.1) is 19.2 Å². The molecule has 1 atom stereocenters. The van der Waals surface area contributed by atoms with E-state index in [-0.39, 0.29) is 24.2 Å². The summed E-state index contributed by atoms with van der Waals surface area (Å²) in [5, 5.41) is 0. The number of carbonyl (C=O) groups is 1. The van der Waals surface area contributed by atoms with Gasteiger partial charge in [0.15, 0.2) is 24.1 Å². The van der Waals surface area contributed by atoms with Crippen molar-refractivity contribution in [2.24, 2.45) is 0 Å². The van der Waals surface area contributed by atoms with Crippen molar-refractivity contribution in [3.05, 3.63) is 77.5 Å². The first kappa shape index (κ1) is 21.8. The van der Waals surface area contributed by atoms with Gasteiger partial charge in [0.25, 0.3) is 5.91 Å². The molecule has 168 valence electrons. The molecule has 1 amide bonds. The Morgan fingerprint density at radius 1 is 1.25 bits per heavy atom. The zero-order valence-corrected chi connectivity index (χ0v) is 17.7. The van der Waals surface area contributed by atoms with E-state index in [4.69, 9.17) is 13.9 Å². The van der Waals surface area contributed by atoms with Crippen molar-refractivity contribution in [3.63, 3.8) is 0 Å². The molecule has 2 aromatic carbocycles. The first-order chi connectivity index (χ1) is 15.5. The summed E-state index contributed by atoms with van der Waals surface area (Å²) in [4.78, 5) is 18.7. The van der Waals surface area contributed by atoms with Crippen LogP contribution in [0.3, 0.4) is 0 Å². The Kier molecular flexibility index (Phi) is 6.68. The van der Waals surface area contributed by atoms with Gasteiger partial charge in [0, 0.05) is 25.6 Å². The fraction of sp³-hybridized carbons (Fsp3) is 0.333. The van der Waals surface area contributed by atoms with Gasteiger partial charge in [-0.3, -0.25) is 4.79 Å². The van der Waals surface area contributed by atoms with Gasteiger partial charge in [-0.25, -0.2) is 13.8 Å². The molecular formula is C24H24F2N2O4. The molecule has 1 fully saturated rings. The number of benzene rings is 2. The molecule has 2 heterocycles. The average molecular weight is 442 g/mol. The number of methoxy groups -OCH3 is 1. The molecule has 1 saturated heterocycles. The van der Waals surface area contributed by atoms with E-state index in [9.17, 15) is 13.6 Å². The summed E-state index contributed by atoms with van der Waals surface area (Å²) in [7, 11) is 1.63. The second kappa shape index (κ2) is 9.80. The molecule has 1 aliphatic rings. The SMILES string of the molecule is COc1cccc(Cc2cnc(C3CCCN(C(=O)COc4ccc(F)cc4F)C3)o2)c1. The fourth-order valence-electron chi connectivity index (χ4n) is 3.80. The number of carbonyl (C=O) groups excluding carboxylic acids is 1. The quantitative estimate of drug-likeness (QED) is 0.545. The third-order valence-corrected chi connectivity index (χ3v) is 5.45. The van der Waals surface area contributed by atoms with Gasteiger partial charge >= 0.3 is 0 Å². The van der Waals surface area contributed by atoms with Crippen molar-refractivity contribution in [1.29, 1.82) is 0 Å². The highest BCUT2D eigenvalue weighted by atomic mass is 19.1. The normalized spacial score (nSPS) is 16.1. The molecule has 0 N–H and O–H groups in total. The lowest BCUT2D eigenvalue weighted by atomic mass is 9.98. The Morgan fingerprint density at radius 2 is 2.12 bits per heavy atom. The number of ether oxygens (including phenoxy) is 2. The summed E-state index contributed by atoms with van der Waals surface area (Å²) >= 11 is 0. The molecule has 6 nitrogen and oxygen atoms in total. The maximum absolute atomic E-state index is 13.7. The van der Waals surface area contributed by atoms with Gasteiger partial charge in [0.2, 0.25) is 0 Å². The Labute approximate surface area is 184 Å². The van der Waals surface area contributed by atoms with E-state index in [1.54, 1.807) is 18.2 Å². The number of hydrogen-bond donors (Lipinski definition) is 0. The van der Waals surface area contributed by atoms with Crippen LogP contribution in [0.1, 0.15) is 36.0 Å². The van der Waals surface area contributed by atoms with Crippen LogP contribution in [0, 0.1) is 11.6 Å². The Hall–Kier alpha value is -3.42. The fourth-order valence-corrected chi connectivity index (χ4v) is 3.80. The molecule has 4 rings (SSSR count). The zero-order chi connectivity index (χ0) is 22.5. The molecule has 1 aliphatic heterocycles. The molecule has 0 aliphatic carbocycles. The molecule has 0 saturated carbocycles. The molecule has 3 aromatic rings. The predicted molar refractivity (Wildman–Crippen MR) is 113 cm³/mol. The van der Waals surface area contributed by atoms with Crippen LogP contribution < -0.4 is 9.47 Å². The molecule has 0 spiro atoms. The molecule has 1 unspecified atom stereocenters. The summed E-state index contributed by atoms with van der Waals surface area (Å²) in [6.45, 7) is 0.719. The minimum absolute atomic E-state index is 0.0192. The number of hydrogen-bond acceptors (Lipinski definition) is 5. The number of rotatable bonds is 7. The van der Waals surface area contributed by atoms with Crippen LogP contribution in [0.2, 0.25) is 0 Å². The Morgan fingerprint density at radius 3 is 2.94 bits per heavy atom. The standard InChI is InChI=1S/C24H24F2N2O4/c1-30-19-6-2-4-16(10-19)11-20-13-27-24(32-20)17-5-3-9-28(14-17)23(29)15-31-22-8-7-18(25)12-21(22)26/h2,4,6-8,10,12-13,17H,3,5,9,11,14-15H2,1H3. The lowest BCUT2D eigenvalue weighted by molar-refractivity contribution is -0.134. The highest BCUT2D eigenvalue weighted by Gasteiger charge is 2.28. The van der Waals surface area contributed by atoms with Crippen LogP contribution >= 0.6 is 0 Å². The van der Waals surface area contributed by atoms with Crippen LogP contribution in [0.15, 0.2) is 53.1 Å². The topological polar surface area (TPSA) is 64.8 Å². The van der Waals surface area contributed by atoms with Gasteiger partial charge in [-0.05, 0) is 42.7 Å². The van der Waals surface area contributed by atoms with E-state index in [1.807, 2.05) is 24.3 Å². The van der Waals surface area contributed by atoms with Crippen molar-refractivity contribution < 1.29 is 27.5 Å². The zero-order valence-electron chi connectivity index (χ0n) is 17.7. The van der Waals surface area contributed by atoms with Crippen molar-refractivity contribution in [2.75, 3.05) is 26.8 Å². The molecule has 1 aromatic heterocycles. The first-order valence-corrected chi connectivity index (χ1v) is 10.4. The minimum atomic E-state index is -0.835. The molecule has 32 heavy (non-hydrogen) atoms. The number of oxazole rings is 1. The monoisotopic (exact) mass is 442 g/mol. The van der Waals surface area contributed by atoms with E-state index >= 15 is 0 Å². The largest absolute Gasteiger partial charge is 0.497 e. The van der Waals surface area contributed by atoms with Gasteiger partial charge in [-0.2, -0.15) is 0 Å². The number of halogens is 2. The number of nitrogens with zero attached hydrogens (tertiary/aromatic N) is 2. The number of amides is 1. The van der Waals surface area contributed by atoms with Crippen LogP contribution in [0.25, 0.3) is 0 Å². The smallest absolute Gasteiger partial charge is 0.260 e. The van der Waals surface area contributed by atoms with Crippen LogP contribution in [0.5, 0.6) is 11.5 Å². The summed E-state index contributed by atoms with van der Waals surface area (Å²) in [6, 6.07) is 10.7. The maximum Gasteiger partial charge on any atom is 0.260 e. The molecule has 8 heteroatoms. The third-order valence-electron chi connectivity index (χ3n) is 5.45. The van der Waals surface area contributed by atoms with Crippen LogP contribution in [0.4, 0.5) is 8.78 Å². The van der Waals surface area contributed by atoms with Gasteiger partial charge in [-0.1, -0.05) is 12.1 Å². The molecule has 0 radical (unpaired) electrons. The highest BCUT2D eigenvalue weighted by Crippen LogP contribution is 2.28. The van der Waals surface area contributed by atoms with Crippen molar-refractivity contribution in [3.8, 4) is 11.5 Å². The van der Waals surface area contributed by atoms with Crippen LogP contribution in [-0.2, 0) is 11.2 Å². The second-order valence-corrected chi connectivity index (χ2v) is 7.74. The molecule has 0 bridgehead atoms. The number of aromatic nitrogens is 1. The Balaban J connectivity index is 1.34. The predicted octanol–water partition coefficient (Wildman–Crippen LogP) is 4.34. The van der Waals surface area contributed by atoms with Gasteiger partial charge in [0.1, 0.15) is 17.3 Å². The third kappa shape index (κ3) is 5.25. The van der Waals surface area contributed by atoms with Crippen molar-refractivity contribution >= 4 is 5.91 Å². The summed E-state index contributed by atoms with van der Waals surface area (Å²) in [5.74, 6) is 0.165. The Bertz CT molecular complexity index is 1090. The van der Waals surface area contributed by atoms with Crippen LogP contribution in [-0.4, -0.2) is 42.6 Å². The highest BCUT2D eigenvalue weighted by molar-refractivity contribution is 5.78. The lowest BCUT2D eigenvalue weighted by Crippen LogP contribution is -2.41. The summed E-state index contributed by atoms with van der Waals surface area (Å²) < 4.78 is 43.2. The van der Waals surface area contributed by atoms with Crippen molar-refractivity contribution in [1.82, 2.24) is 9.88 Å². The van der Waals surface area contributed by atoms with Gasteiger partial charge in [-0.15, -0.1) is 0 Å². The van der Waals surface area contributed by atoms with E-state index in [1.165, 1.54) is 6.07 Å². The van der Waals surface area contributed by atoms with E-state index in [0.717, 1.165) is 42.0 Å². The second-order valence-electron chi connectivity index (χ2n) is 7.74.